The summed E-state index contributed by atoms with van der Waals surface area (Å²) in [7, 11) is 0. The number of carbonyl (C=O) groups excluding carboxylic acids is 1. The molecule has 0 saturated carbocycles. The van der Waals surface area contributed by atoms with Gasteiger partial charge in [-0.25, -0.2) is 0 Å². The minimum absolute atomic E-state index is 0.195. The predicted octanol–water partition coefficient (Wildman–Crippen LogP) is 0.405. The van der Waals surface area contributed by atoms with Gasteiger partial charge >= 0.3 is 0 Å². The summed E-state index contributed by atoms with van der Waals surface area (Å²) in [5.74, 6) is 5.38. The maximum Gasteiger partial charge on any atom is 0.263 e. The molecule has 0 aliphatic rings. The first-order valence-electron chi connectivity index (χ1n) is 5.02. The first kappa shape index (κ1) is 12.3. The van der Waals surface area contributed by atoms with Crippen molar-refractivity contribution >= 4 is 17.2 Å². The molecule has 2 N–H and O–H groups in total. The minimum atomic E-state index is -0.253. The molecule has 2 aromatic heterocycles. The van der Waals surface area contributed by atoms with Gasteiger partial charge in [-0.05, 0) is 11.4 Å². The fourth-order valence-corrected chi connectivity index (χ4v) is 1.99. The lowest BCUT2D eigenvalue weighted by atomic mass is 10.2. The molecule has 0 fully saturated rings. The lowest BCUT2D eigenvalue weighted by Gasteiger charge is -2.00. The number of nitrogens with one attached hydrogen (secondary N) is 1. The number of hydrogen-bond donors (Lipinski definition) is 2. The van der Waals surface area contributed by atoms with E-state index in [1.54, 1.807) is 11.4 Å². The van der Waals surface area contributed by atoms with E-state index in [2.05, 4.69) is 31.8 Å². The third kappa shape index (κ3) is 2.94. The summed E-state index contributed by atoms with van der Waals surface area (Å²) in [6.45, 7) is -0.0418. The van der Waals surface area contributed by atoms with Crippen LogP contribution in [0.5, 0.6) is 0 Å². The van der Waals surface area contributed by atoms with Crippen LogP contribution in [0.15, 0.2) is 22.4 Å². The summed E-state index contributed by atoms with van der Waals surface area (Å²) >= 11 is 1.28. The molecule has 92 valence electrons. The molecule has 0 spiro atoms. The average molecular weight is 263 g/mol. The number of aliphatic hydroxyl groups excluding tert-OH is 1. The van der Waals surface area contributed by atoms with Gasteiger partial charge in [0, 0.05) is 5.56 Å². The Morgan fingerprint density at radius 3 is 3.22 bits per heavy atom. The molecule has 1 amide bonds. The van der Waals surface area contributed by atoms with E-state index in [9.17, 15) is 4.79 Å². The van der Waals surface area contributed by atoms with Crippen LogP contribution in [0.1, 0.15) is 21.1 Å². The molecule has 0 aliphatic carbocycles. The largest absolute Gasteiger partial charge is 0.384 e. The molecule has 7 heteroatoms. The van der Waals surface area contributed by atoms with Gasteiger partial charge in [0.15, 0.2) is 5.82 Å². The van der Waals surface area contributed by atoms with Crippen LogP contribution < -0.4 is 5.32 Å². The molecule has 6 nitrogen and oxygen atoms in total. The second-order valence-corrected chi connectivity index (χ2v) is 4.07. The van der Waals surface area contributed by atoms with Crippen LogP contribution in [-0.2, 0) is 6.54 Å². The number of aliphatic hydroxyl groups is 1. The van der Waals surface area contributed by atoms with Crippen molar-refractivity contribution in [3.8, 4) is 11.8 Å². The monoisotopic (exact) mass is 263 g/mol. The smallest absolute Gasteiger partial charge is 0.263 e. The number of carbonyl (C=O) groups is 1. The molecular formula is C11H9N3O3S. The fraction of sp³-hybridized carbons (Fsp3) is 0.182. The Labute approximate surface area is 107 Å². The first-order chi connectivity index (χ1) is 8.81. The van der Waals surface area contributed by atoms with Gasteiger partial charge in [0.1, 0.15) is 11.5 Å². The van der Waals surface area contributed by atoms with E-state index in [1.165, 1.54) is 17.7 Å². The zero-order valence-electron chi connectivity index (χ0n) is 9.21. The van der Waals surface area contributed by atoms with E-state index in [-0.39, 0.29) is 19.1 Å². The van der Waals surface area contributed by atoms with E-state index in [0.717, 1.165) is 0 Å². The van der Waals surface area contributed by atoms with Crippen molar-refractivity contribution in [2.24, 2.45) is 0 Å². The third-order valence-corrected chi connectivity index (χ3v) is 2.90. The number of rotatable bonds is 3. The number of amides is 1. The normalized spacial score (nSPS) is 9.61. The van der Waals surface area contributed by atoms with Gasteiger partial charge < -0.3 is 14.9 Å². The Morgan fingerprint density at radius 1 is 1.61 bits per heavy atom. The van der Waals surface area contributed by atoms with Gasteiger partial charge in [0.25, 0.3) is 5.91 Å². The Balaban J connectivity index is 2.02. The highest BCUT2D eigenvalue weighted by Crippen LogP contribution is 2.15. The summed E-state index contributed by atoms with van der Waals surface area (Å²) in [5, 5.41) is 16.6. The lowest BCUT2D eigenvalue weighted by molar-refractivity contribution is 0.0953. The topological polar surface area (TPSA) is 88.3 Å². The molecule has 0 aliphatic heterocycles. The Kier molecular flexibility index (Phi) is 4.06. The number of aromatic nitrogens is 2. The number of thiophene rings is 1. The fourth-order valence-electron chi connectivity index (χ4n) is 1.23. The molecule has 0 unspecified atom stereocenters. The van der Waals surface area contributed by atoms with Gasteiger partial charge in [0.2, 0.25) is 6.39 Å². The summed E-state index contributed by atoms with van der Waals surface area (Å²) in [4.78, 5) is 16.2. The van der Waals surface area contributed by atoms with Crippen LogP contribution in [0.4, 0.5) is 0 Å². The van der Waals surface area contributed by atoms with Crippen LogP contribution in [0, 0.1) is 11.8 Å². The zero-order valence-corrected chi connectivity index (χ0v) is 10.0. The van der Waals surface area contributed by atoms with Gasteiger partial charge in [-0.1, -0.05) is 17.0 Å². The second-order valence-electron chi connectivity index (χ2n) is 3.15. The highest BCUT2D eigenvalue weighted by atomic mass is 32.1. The Morgan fingerprint density at radius 2 is 2.50 bits per heavy atom. The van der Waals surface area contributed by atoms with Crippen LogP contribution >= 0.6 is 11.3 Å². The Bertz CT molecular complexity index is 580. The summed E-state index contributed by atoms with van der Waals surface area (Å²) in [5.41, 5.74) is 0.597. The summed E-state index contributed by atoms with van der Waals surface area (Å²) in [6, 6.07) is 1.73. The third-order valence-electron chi connectivity index (χ3n) is 1.99. The van der Waals surface area contributed by atoms with Gasteiger partial charge in [0.05, 0.1) is 6.54 Å². The van der Waals surface area contributed by atoms with Crippen molar-refractivity contribution in [2.45, 2.75) is 6.54 Å². The average Bonchev–Trinajstić information content (AvgIpc) is 3.04. The van der Waals surface area contributed by atoms with E-state index in [0.29, 0.717) is 16.3 Å². The maximum atomic E-state index is 11.9. The quantitative estimate of drug-likeness (QED) is 0.783. The summed E-state index contributed by atoms with van der Waals surface area (Å²) < 4.78 is 4.55. The second kappa shape index (κ2) is 5.95. The van der Waals surface area contributed by atoms with E-state index < -0.39 is 0 Å². The van der Waals surface area contributed by atoms with E-state index >= 15 is 0 Å². The van der Waals surface area contributed by atoms with Crippen LogP contribution in [0.2, 0.25) is 0 Å². The lowest BCUT2D eigenvalue weighted by Crippen LogP contribution is -2.23. The maximum absolute atomic E-state index is 11.9. The molecule has 0 atom stereocenters. The molecule has 0 bridgehead atoms. The first-order valence-corrected chi connectivity index (χ1v) is 5.90. The van der Waals surface area contributed by atoms with E-state index in [1.807, 2.05) is 0 Å². The highest BCUT2D eigenvalue weighted by Gasteiger charge is 2.12. The standard InChI is InChI=1S/C11H9N3O3S/c15-4-1-2-8-3-5-18-10(8)11(16)12-6-9-13-7-17-14-9/h3,5,7,15H,4,6H2,(H,12,16). The molecule has 2 heterocycles. The zero-order chi connectivity index (χ0) is 12.8. The Hall–Kier alpha value is -2.17. The minimum Gasteiger partial charge on any atom is -0.384 e. The molecule has 0 radical (unpaired) electrons. The van der Waals surface area contributed by atoms with Crippen molar-refractivity contribution in [3.05, 3.63) is 34.1 Å². The van der Waals surface area contributed by atoms with Crippen molar-refractivity contribution in [1.82, 2.24) is 15.5 Å². The number of nitrogens with zero attached hydrogens (tertiary/aromatic N) is 2. The molecular weight excluding hydrogens is 254 g/mol. The number of hydrogen-bond acceptors (Lipinski definition) is 6. The van der Waals surface area contributed by atoms with Crippen molar-refractivity contribution in [3.63, 3.8) is 0 Å². The molecule has 2 aromatic rings. The van der Waals surface area contributed by atoms with Gasteiger partial charge in [-0.3, -0.25) is 4.79 Å². The summed E-state index contributed by atoms with van der Waals surface area (Å²) in [6.07, 6.45) is 1.20. The predicted molar refractivity (Wildman–Crippen MR) is 63.8 cm³/mol. The molecule has 0 saturated heterocycles. The van der Waals surface area contributed by atoms with Crippen LogP contribution in [0.25, 0.3) is 0 Å². The van der Waals surface area contributed by atoms with Gasteiger partial charge in [-0.15, -0.1) is 11.3 Å². The van der Waals surface area contributed by atoms with Crippen molar-refractivity contribution in [2.75, 3.05) is 6.61 Å². The molecule has 2 rings (SSSR count). The molecule has 0 aromatic carbocycles. The van der Waals surface area contributed by atoms with E-state index in [4.69, 9.17) is 5.11 Å². The van der Waals surface area contributed by atoms with Crippen LogP contribution in [0.3, 0.4) is 0 Å². The van der Waals surface area contributed by atoms with Gasteiger partial charge in [-0.2, -0.15) is 4.98 Å². The van der Waals surface area contributed by atoms with Crippen molar-refractivity contribution < 1.29 is 14.4 Å². The van der Waals surface area contributed by atoms with Crippen molar-refractivity contribution in [1.29, 1.82) is 0 Å². The highest BCUT2D eigenvalue weighted by molar-refractivity contribution is 7.12. The SMILES string of the molecule is O=C(NCc1ncon1)c1sccc1C#CCO. The molecule has 18 heavy (non-hydrogen) atoms. The van der Waals surface area contributed by atoms with Crippen LogP contribution in [-0.4, -0.2) is 27.8 Å².